The predicted molar refractivity (Wildman–Crippen MR) is 91.0 cm³/mol. The van der Waals surface area contributed by atoms with Gasteiger partial charge in [0.2, 0.25) is 7.37 Å². The molecule has 1 aliphatic carbocycles. The second-order valence-corrected chi connectivity index (χ2v) is 9.95. The molecule has 2 aliphatic rings. The van der Waals surface area contributed by atoms with Gasteiger partial charge >= 0.3 is 5.97 Å². The normalized spacial score (nSPS) is 33.7. The average molecular weight is 346 g/mol. The van der Waals surface area contributed by atoms with E-state index >= 15 is 0 Å². The molecule has 134 valence electrons. The average Bonchev–Trinajstić information content (AvgIpc) is 2.51. The molecule has 2 atom stereocenters. The Bertz CT molecular complexity index is 453. The molecule has 0 aromatic carbocycles. The molecule has 0 amide bonds. The zero-order chi connectivity index (χ0) is 16.9. The van der Waals surface area contributed by atoms with Crippen molar-refractivity contribution in [1.29, 1.82) is 0 Å². The summed E-state index contributed by atoms with van der Waals surface area (Å²) >= 11 is 0. The van der Waals surface area contributed by atoms with E-state index in [2.05, 4.69) is 4.90 Å². The van der Waals surface area contributed by atoms with Crippen molar-refractivity contribution in [2.75, 3.05) is 32.3 Å². The maximum atomic E-state index is 12.7. The van der Waals surface area contributed by atoms with E-state index in [0.717, 1.165) is 6.54 Å². The van der Waals surface area contributed by atoms with Crippen molar-refractivity contribution in [3.63, 3.8) is 0 Å². The Labute approximate surface area is 138 Å². The minimum absolute atomic E-state index is 0.0919. The van der Waals surface area contributed by atoms with Crippen LogP contribution in [0.3, 0.4) is 0 Å². The highest BCUT2D eigenvalue weighted by molar-refractivity contribution is 7.61. The van der Waals surface area contributed by atoms with Crippen LogP contribution in [0.15, 0.2) is 0 Å². The largest absolute Gasteiger partial charge is 0.480 e. The summed E-state index contributed by atoms with van der Waals surface area (Å²) < 4.78 is 12.7. The first-order valence-electron chi connectivity index (χ1n) is 8.89. The van der Waals surface area contributed by atoms with Gasteiger partial charge in [0, 0.05) is 25.8 Å². The van der Waals surface area contributed by atoms with Gasteiger partial charge in [0.05, 0.1) is 0 Å². The van der Waals surface area contributed by atoms with Crippen LogP contribution in [0.5, 0.6) is 0 Å². The maximum Gasteiger partial charge on any atom is 0.320 e. The summed E-state index contributed by atoms with van der Waals surface area (Å²) in [5.41, 5.74) is 5.49. The summed E-state index contributed by atoms with van der Waals surface area (Å²) in [6.45, 7) is 2.09. The van der Waals surface area contributed by atoms with Gasteiger partial charge in [-0.2, -0.15) is 0 Å². The lowest BCUT2D eigenvalue weighted by Crippen LogP contribution is -2.55. The fraction of sp³-hybridized carbons (Fsp3) is 0.938. The van der Waals surface area contributed by atoms with Gasteiger partial charge in [-0.25, -0.2) is 0 Å². The van der Waals surface area contributed by atoms with Crippen LogP contribution in [0, 0.1) is 5.92 Å². The van der Waals surface area contributed by atoms with E-state index in [9.17, 15) is 19.4 Å². The van der Waals surface area contributed by atoms with Crippen LogP contribution < -0.4 is 5.73 Å². The van der Waals surface area contributed by atoms with Crippen LogP contribution >= 0.6 is 7.37 Å². The SMILES string of the molecule is NCCCCC1(C(=O)O)CN(CC2CCCCC2)CCP1(=O)O. The van der Waals surface area contributed by atoms with Crippen LogP contribution in [0.1, 0.15) is 51.4 Å². The molecule has 0 spiro atoms. The van der Waals surface area contributed by atoms with Gasteiger partial charge in [-0.05, 0) is 38.1 Å². The molecule has 4 N–H and O–H groups in total. The monoisotopic (exact) mass is 346 g/mol. The molecule has 6 nitrogen and oxygen atoms in total. The first kappa shape index (κ1) is 18.9. The lowest BCUT2D eigenvalue weighted by Gasteiger charge is -2.44. The zero-order valence-electron chi connectivity index (χ0n) is 14.0. The van der Waals surface area contributed by atoms with E-state index in [0.29, 0.717) is 31.8 Å². The molecule has 1 saturated carbocycles. The molecule has 0 aromatic rings. The number of nitrogens with two attached hydrogens (primary N) is 1. The molecular formula is C16H31N2O4P. The van der Waals surface area contributed by atoms with E-state index in [1.807, 2.05) is 0 Å². The Hall–Kier alpha value is -0.420. The molecule has 23 heavy (non-hydrogen) atoms. The first-order chi connectivity index (χ1) is 10.9. The summed E-state index contributed by atoms with van der Waals surface area (Å²) in [6.07, 6.45) is 7.79. The highest BCUT2D eigenvalue weighted by atomic mass is 31.2. The van der Waals surface area contributed by atoms with Gasteiger partial charge in [0.15, 0.2) is 5.16 Å². The molecule has 0 aromatic heterocycles. The van der Waals surface area contributed by atoms with Crippen LogP contribution in [0.25, 0.3) is 0 Å². The third-order valence-corrected chi connectivity index (χ3v) is 8.26. The lowest BCUT2D eigenvalue weighted by molar-refractivity contribution is -0.141. The van der Waals surface area contributed by atoms with Crippen molar-refractivity contribution in [2.45, 2.75) is 56.5 Å². The van der Waals surface area contributed by atoms with Crippen molar-refractivity contribution in [3.05, 3.63) is 0 Å². The summed E-state index contributed by atoms with van der Waals surface area (Å²) in [7, 11) is -3.70. The van der Waals surface area contributed by atoms with Gasteiger partial charge in [-0.3, -0.25) is 9.36 Å². The smallest absolute Gasteiger partial charge is 0.320 e. The van der Waals surface area contributed by atoms with Crippen molar-refractivity contribution in [3.8, 4) is 0 Å². The van der Waals surface area contributed by atoms with Crippen LogP contribution in [0.4, 0.5) is 0 Å². The fourth-order valence-electron chi connectivity index (χ4n) is 4.08. The lowest BCUT2D eigenvalue weighted by atomic mass is 9.88. The standard InChI is InChI=1S/C16H31N2O4P/c17-9-5-4-8-16(15(19)20)13-18(10-11-23(16,21)22)12-14-6-2-1-3-7-14/h14H,1-13,17H2,(H,19,20)(H,21,22). The van der Waals surface area contributed by atoms with E-state index in [4.69, 9.17) is 5.73 Å². The van der Waals surface area contributed by atoms with E-state index in [-0.39, 0.29) is 19.1 Å². The van der Waals surface area contributed by atoms with Crippen molar-refractivity contribution in [2.24, 2.45) is 11.7 Å². The molecule has 2 rings (SSSR count). The number of aliphatic carboxylic acids is 1. The Morgan fingerprint density at radius 3 is 2.57 bits per heavy atom. The minimum Gasteiger partial charge on any atom is -0.480 e. The Morgan fingerprint density at radius 2 is 1.96 bits per heavy atom. The number of carboxylic acid groups (broad SMARTS) is 1. The van der Waals surface area contributed by atoms with E-state index in [1.165, 1.54) is 32.1 Å². The Kier molecular flexibility index (Phi) is 6.66. The molecule has 2 unspecified atom stereocenters. The fourth-order valence-corrected chi connectivity index (χ4v) is 6.29. The summed E-state index contributed by atoms with van der Waals surface area (Å²) in [5, 5.41) is 8.25. The van der Waals surface area contributed by atoms with E-state index < -0.39 is 18.5 Å². The molecular weight excluding hydrogens is 315 g/mol. The van der Waals surface area contributed by atoms with Gasteiger partial charge in [0.1, 0.15) is 0 Å². The maximum absolute atomic E-state index is 12.7. The molecule has 7 heteroatoms. The van der Waals surface area contributed by atoms with Gasteiger partial charge in [-0.15, -0.1) is 0 Å². The second-order valence-electron chi connectivity index (χ2n) is 7.25. The Morgan fingerprint density at radius 1 is 1.26 bits per heavy atom. The molecule has 1 heterocycles. The highest BCUT2D eigenvalue weighted by Gasteiger charge is 2.56. The number of nitrogens with zero attached hydrogens (tertiary/aromatic N) is 1. The molecule has 0 radical (unpaired) electrons. The van der Waals surface area contributed by atoms with Gasteiger partial charge < -0.3 is 20.6 Å². The minimum atomic E-state index is -3.70. The third-order valence-electron chi connectivity index (χ3n) is 5.56. The van der Waals surface area contributed by atoms with Crippen molar-refractivity contribution < 1.29 is 19.4 Å². The summed E-state index contributed by atoms with van der Waals surface area (Å²) in [5.74, 6) is -0.510. The first-order valence-corrected chi connectivity index (χ1v) is 10.7. The summed E-state index contributed by atoms with van der Waals surface area (Å²) in [4.78, 5) is 24.5. The molecule has 1 aliphatic heterocycles. The van der Waals surface area contributed by atoms with Crippen molar-refractivity contribution >= 4 is 13.3 Å². The quantitative estimate of drug-likeness (QED) is 0.482. The molecule has 2 fully saturated rings. The number of carboxylic acids is 1. The number of rotatable bonds is 7. The number of carbonyl (C=O) groups is 1. The molecule has 0 bridgehead atoms. The topological polar surface area (TPSA) is 104 Å². The second kappa shape index (κ2) is 8.11. The van der Waals surface area contributed by atoms with Crippen molar-refractivity contribution in [1.82, 2.24) is 4.90 Å². The predicted octanol–water partition coefficient (Wildman–Crippen LogP) is 2.11. The highest BCUT2D eigenvalue weighted by Crippen LogP contribution is 2.59. The number of hydrogen-bond acceptors (Lipinski definition) is 4. The van der Waals surface area contributed by atoms with Crippen LogP contribution in [-0.4, -0.2) is 58.4 Å². The molecule has 1 saturated heterocycles. The Balaban J connectivity index is 2.08. The zero-order valence-corrected chi connectivity index (χ0v) is 14.8. The third kappa shape index (κ3) is 4.36. The van der Waals surface area contributed by atoms with Crippen LogP contribution in [0.2, 0.25) is 0 Å². The summed E-state index contributed by atoms with van der Waals surface area (Å²) in [6, 6.07) is 0. The number of unbranched alkanes of at least 4 members (excludes halogenated alkanes) is 1. The number of hydrogen-bond donors (Lipinski definition) is 3. The van der Waals surface area contributed by atoms with Gasteiger partial charge in [0.25, 0.3) is 0 Å². The van der Waals surface area contributed by atoms with Crippen LogP contribution in [-0.2, 0) is 9.36 Å². The van der Waals surface area contributed by atoms with E-state index in [1.54, 1.807) is 0 Å². The van der Waals surface area contributed by atoms with Gasteiger partial charge in [-0.1, -0.05) is 25.7 Å².